The molecule has 1 heterocycles. The molecule has 0 aliphatic rings. The molecular formula is C13H12O6. The van der Waals surface area contributed by atoms with Crippen LogP contribution in [0.3, 0.4) is 0 Å². The molecule has 6 heteroatoms. The SMILES string of the molecule is COC(=O)c1cc2ccc(OC)c(OC)c2c(=O)o1. The molecular weight excluding hydrogens is 252 g/mol. The Bertz CT molecular complexity index is 685. The lowest BCUT2D eigenvalue weighted by Crippen LogP contribution is -2.09. The van der Waals surface area contributed by atoms with Gasteiger partial charge in [-0.3, -0.25) is 0 Å². The maximum absolute atomic E-state index is 12.0. The number of carbonyl (C=O) groups excluding carboxylic acids is 1. The first kappa shape index (κ1) is 12.9. The zero-order valence-corrected chi connectivity index (χ0v) is 10.7. The molecule has 0 saturated carbocycles. The molecule has 0 N–H and O–H groups in total. The van der Waals surface area contributed by atoms with Crippen molar-refractivity contribution < 1.29 is 23.4 Å². The minimum Gasteiger partial charge on any atom is -0.493 e. The second-order valence-corrected chi connectivity index (χ2v) is 3.65. The van der Waals surface area contributed by atoms with Crippen molar-refractivity contribution in [1.29, 1.82) is 0 Å². The number of methoxy groups -OCH3 is 3. The van der Waals surface area contributed by atoms with Crippen molar-refractivity contribution in [2.75, 3.05) is 21.3 Å². The van der Waals surface area contributed by atoms with E-state index in [-0.39, 0.29) is 16.9 Å². The first-order chi connectivity index (χ1) is 9.12. The average molecular weight is 264 g/mol. The van der Waals surface area contributed by atoms with E-state index in [4.69, 9.17) is 13.9 Å². The van der Waals surface area contributed by atoms with Crippen LogP contribution in [0.5, 0.6) is 11.5 Å². The smallest absolute Gasteiger partial charge is 0.374 e. The van der Waals surface area contributed by atoms with E-state index in [0.717, 1.165) is 0 Å². The molecule has 2 aromatic rings. The van der Waals surface area contributed by atoms with Gasteiger partial charge in [0.05, 0.1) is 21.3 Å². The van der Waals surface area contributed by atoms with E-state index in [9.17, 15) is 9.59 Å². The summed E-state index contributed by atoms with van der Waals surface area (Å²) in [6, 6.07) is 4.70. The molecule has 100 valence electrons. The van der Waals surface area contributed by atoms with Gasteiger partial charge in [0.1, 0.15) is 5.39 Å². The van der Waals surface area contributed by atoms with Gasteiger partial charge in [-0.25, -0.2) is 9.59 Å². The van der Waals surface area contributed by atoms with Crippen LogP contribution in [0, 0.1) is 0 Å². The van der Waals surface area contributed by atoms with E-state index < -0.39 is 11.6 Å². The lowest BCUT2D eigenvalue weighted by molar-refractivity contribution is 0.0560. The van der Waals surface area contributed by atoms with Crippen LogP contribution in [0.2, 0.25) is 0 Å². The topological polar surface area (TPSA) is 75.0 Å². The maximum Gasteiger partial charge on any atom is 0.374 e. The lowest BCUT2D eigenvalue weighted by Gasteiger charge is -2.09. The summed E-state index contributed by atoms with van der Waals surface area (Å²) in [7, 11) is 4.10. The van der Waals surface area contributed by atoms with Crippen molar-refractivity contribution in [2.45, 2.75) is 0 Å². The van der Waals surface area contributed by atoms with Crippen LogP contribution in [-0.2, 0) is 4.74 Å². The molecule has 0 bridgehead atoms. The Kier molecular flexibility index (Phi) is 3.41. The van der Waals surface area contributed by atoms with Gasteiger partial charge in [-0.1, -0.05) is 6.07 Å². The zero-order valence-electron chi connectivity index (χ0n) is 10.7. The largest absolute Gasteiger partial charge is 0.493 e. The number of carbonyl (C=O) groups is 1. The molecule has 19 heavy (non-hydrogen) atoms. The van der Waals surface area contributed by atoms with Crippen molar-refractivity contribution >= 4 is 16.7 Å². The van der Waals surface area contributed by atoms with Gasteiger partial charge in [-0.15, -0.1) is 0 Å². The van der Waals surface area contributed by atoms with Gasteiger partial charge in [0, 0.05) is 0 Å². The van der Waals surface area contributed by atoms with Crippen molar-refractivity contribution in [3.63, 3.8) is 0 Å². The molecule has 0 fully saturated rings. The van der Waals surface area contributed by atoms with E-state index in [0.29, 0.717) is 11.1 Å². The number of benzene rings is 1. The summed E-state index contributed by atoms with van der Waals surface area (Å²) >= 11 is 0. The van der Waals surface area contributed by atoms with Gasteiger partial charge in [0.25, 0.3) is 0 Å². The number of hydrogen-bond donors (Lipinski definition) is 0. The third-order valence-electron chi connectivity index (χ3n) is 2.66. The van der Waals surface area contributed by atoms with Crippen molar-refractivity contribution in [2.24, 2.45) is 0 Å². The van der Waals surface area contributed by atoms with Gasteiger partial charge in [0.15, 0.2) is 11.5 Å². The van der Waals surface area contributed by atoms with Crippen LogP contribution in [-0.4, -0.2) is 27.3 Å². The van der Waals surface area contributed by atoms with Gasteiger partial charge < -0.3 is 18.6 Å². The van der Waals surface area contributed by atoms with Crippen LogP contribution in [0.4, 0.5) is 0 Å². The third-order valence-corrected chi connectivity index (χ3v) is 2.66. The summed E-state index contributed by atoms with van der Waals surface area (Å²) in [5.74, 6) is -0.195. The van der Waals surface area contributed by atoms with Crippen molar-refractivity contribution in [3.8, 4) is 11.5 Å². The Morgan fingerprint density at radius 2 is 1.89 bits per heavy atom. The summed E-state index contributed by atoms with van der Waals surface area (Å²) in [6.45, 7) is 0. The molecule has 0 spiro atoms. The number of esters is 1. The minimum atomic E-state index is -0.714. The monoisotopic (exact) mass is 264 g/mol. The molecule has 0 unspecified atom stereocenters. The number of ether oxygens (including phenoxy) is 3. The summed E-state index contributed by atoms with van der Waals surface area (Å²) in [6.07, 6.45) is 0. The second-order valence-electron chi connectivity index (χ2n) is 3.65. The van der Waals surface area contributed by atoms with Gasteiger partial charge in [-0.2, -0.15) is 0 Å². The van der Waals surface area contributed by atoms with Crippen LogP contribution >= 0.6 is 0 Å². The fourth-order valence-corrected chi connectivity index (χ4v) is 1.80. The first-order valence-electron chi connectivity index (χ1n) is 5.39. The number of rotatable bonds is 3. The van der Waals surface area contributed by atoms with Crippen LogP contribution in [0.1, 0.15) is 10.6 Å². The van der Waals surface area contributed by atoms with E-state index in [1.807, 2.05) is 0 Å². The highest BCUT2D eigenvalue weighted by molar-refractivity contribution is 5.95. The minimum absolute atomic E-state index is 0.160. The van der Waals surface area contributed by atoms with Crippen LogP contribution in [0.15, 0.2) is 27.4 Å². The van der Waals surface area contributed by atoms with Gasteiger partial charge in [-0.05, 0) is 17.5 Å². The van der Waals surface area contributed by atoms with E-state index in [1.165, 1.54) is 27.4 Å². The Labute approximate surface area is 108 Å². The highest BCUT2D eigenvalue weighted by Gasteiger charge is 2.17. The molecule has 0 atom stereocenters. The van der Waals surface area contributed by atoms with Crippen molar-refractivity contribution in [1.82, 2.24) is 0 Å². The third kappa shape index (κ3) is 2.12. The molecule has 2 rings (SSSR count). The molecule has 6 nitrogen and oxygen atoms in total. The summed E-state index contributed by atoms with van der Waals surface area (Å²) < 4.78 is 19.7. The normalized spacial score (nSPS) is 10.3. The fraction of sp³-hybridized carbons (Fsp3) is 0.231. The molecule has 1 aromatic carbocycles. The van der Waals surface area contributed by atoms with Gasteiger partial charge in [0.2, 0.25) is 5.76 Å². The Morgan fingerprint density at radius 3 is 2.47 bits per heavy atom. The second kappa shape index (κ2) is 5.01. The number of fused-ring (bicyclic) bond motifs is 1. The Hall–Kier alpha value is -2.50. The summed E-state index contributed by atoms with van der Waals surface area (Å²) in [5, 5.41) is 0.726. The molecule has 0 radical (unpaired) electrons. The first-order valence-corrected chi connectivity index (χ1v) is 5.39. The summed E-state index contributed by atoms with van der Waals surface area (Å²) in [5.41, 5.74) is -0.686. The van der Waals surface area contributed by atoms with Crippen molar-refractivity contribution in [3.05, 3.63) is 34.4 Å². The van der Waals surface area contributed by atoms with Gasteiger partial charge >= 0.3 is 11.6 Å². The average Bonchev–Trinajstić information content (AvgIpc) is 2.44. The molecule has 0 saturated heterocycles. The maximum atomic E-state index is 12.0. The molecule has 0 aliphatic heterocycles. The predicted octanol–water partition coefficient (Wildman–Crippen LogP) is 1.60. The highest BCUT2D eigenvalue weighted by Crippen LogP contribution is 2.33. The highest BCUT2D eigenvalue weighted by atomic mass is 16.5. The van der Waals surface area contributed by atoms with Crippen LogP contribution < -0.4 is 15.1 Å². The van der Waals surface area contributed by atoms with Crippen LogP contribution in [0.25, 0.3) is 10.8 Å². The standard InChI is InChI=1S/C13H12O6/c1-16-8-5-4-7-6-9(12(14)18-3)19-13(15)10(7)11(8)17-2/h4-6H,1-3H3. The zero-order chi connectivity index (χ0) is 14.0. The molecule has 1 aromatic heterocycles. The molecule has 0 amide bonds. The Balaban J connectivity index is 2.79. The predicted molar refractivity (Wildman–Crippen MR) is 66.9 cm³/mol. The summed E-state index contributed by atoms with van der Waals surface area (Å²) in [4.78, 5) is 23.3. The fourth-order valence-electron chi connectivity index (χ4n) is 1.80. The lowest BCUT2D eigenvalue weighted by atomic mass is 10.1. The number of hydrogen-bond acceptors (Lipinski definition) is 6. The van der Waals surface area contributed by atoms with E-state index >= 15 is 0 Å². The quantitative estimate of drug-likeness (QED) is 0.784. The van der Waals surface area contributed by atoms with E-state index in [1.54, 1.807) is 12.1 Å². The molecule has 0 aliphatic carbocycles. The Morgan fingerprint density at radius 1 is 1.16 bits per heavy atom. The van der Waals surface area contributed by atoms with E-state index in [2.05, 4.69) is 4.74 Å².